The van der Waals surface area contributed by atoms with Gasteiger partial charge in [0, 0.05) is 31.8 Å². The second kappa shape index (κ2) is 8.42. The van der Waals surface area contributed by atoms with E-state index in [-0.39, 0.29) is 19.2 Å². The van der Waals surface area contributed by atoms with Crippen LogP contribution in [-0.4, -0.2) is 34.8 Å². The zero-order valence-corrected chi connectivity index (χ0v) is 16.4. The lowest BCUT2D eigenvalue weighted by Crippen LogP contribution is -2.28. The largest absolute Gasteiger partial charge is 0.339 e. The molecule has 1 N–H and O–H groups in total. The molecule has 5 rings (SSSR count). The average molecular weight is 404 g/mol. The number of amides is 2. The van der Waals surface area contributed by atoms with Gasteiger partial charge >= 0.3 is 0 Å². The smallest absolute Gasteiger partial charge is 0.246 e. The maximum Gasteiger partial charge on any atom is 0.246 e. The molecule has 2 fully saturated rings. The zero-order valence-electron chi connectivity index (χ0n) is 16.4. The highest BCUT2D eigenvalue weighted by atomic mass is 16.2. The van der Waals surface area contributed by atoms with Crippen molar-refractivity contribution in [1.29, 1.82) is 0 Å². The van der Waals surface area contributed by atoms with Crippen molar-refractivity contribution in [3.8, 4) is 0 Å². The number of anilines is 1. The maximum absolute atomic E-state index is 12.7. The molecule has 5 heteroatoms. The van der Waals surface area contributed by atoms with Gasteiger partial charge in [-0.15, -0.1) is 0 Å². The first-order valence-electron chi connectivity index (χ1n) is 10.5. The normalized spacial score (nSPS) is 24.9. The van der Waals surface area contributed by atoms with Crippen LogP contribution < -0.4 is 5.32 Å². The van der Waals surface area contributed by atoms with Gasteiger partial charge in [0.25, 0.3) is 0 Å². The van der Waals surface area contributed by atoms with Gasteiger partial charge in [0.15, 0.2) is 0 Å². The van der Waals surface area contributed by atoms with E-state index >= 15 is 0 Å². The third-order valence-electron chi connectivity index (χ3n) is 6.62. The molecule has 30 heavy (non-hydrogen) atoms. The minimum Gasteiger partial charge on any atom is -0.339 e. The summed E-state index contributed by atoms with van der Waals surface area (Å²) in [6, 6.07) is 12.8. The number of likely N-dealkylation sites (tertiary alicyclic amines) is 1. The van der Waals surface area contributed by atoms with E-state index in [0.29, 0.717) is 36.4 Å². The van der Waals surface area contributed by atoms with Crippen LogP contribution in [0.15, 0.2) is 48.7 Å². The summed E-state index contributed by atoms with van der Waals surface area (Å²) in [6.07, 6.45) is 8.76. The average Bonchev–Trinajstić information content (AvgIpc) is 3.32. The summed E-state index contributed by atoms with van der Waals surface area (Å²) in [5.74, 6) is 2.61. The zero-order chi connectivity index (χ0) is 19.8. The topological polar surface area (TPSA) is 62.3 Å². The van der Waals surface area contributed by atoms with Gasteiger partial charge in [0.05, 0.1) is 0 Å². The molecule has 0 spiro atoms. The van der Waals surface area contributed by atoms with Crippen molar-refractivity contribution >= 4 is 23.7 Å². The van der Waals surface area contributed by atoms with E-state index in [4.69, 9.17) is 0 Å². The fourth-order valence-electron chi connectivity index (χ4n) is 5.12. The summed E-state index contributed by atoms with van der Waals surface area (Å²) in [4.78, 5) is 30.5. The van der Waals surface area contributed by atoms with Gasteiger partial charge in [-0.25, -0.2) is 4.98 Å². The Morgan fingerprint density at radius 2 is 1.83 bits per heavy atom. The van der Waals surface area contributed by atoms with Crippen molar-refractivity contribution in [3.05, 3.63) is 65.4 Å². The van der Waals surface area contributed by atoms with Crippen molar-refractivity contribution < 1.29 is 9.59 Å². The molecule has 156 valence electrons. The number of hydrogen-bond donors (Lipinski definition) is 1. The molecular weight excluding hydrogens is 374 g/mol. The van der Waals surface area contributed by atoms with Crippen molar-refractivity contribution in [3.63, 3.8) is 0 Å². The molecule has 1 aromatic carbocycles. The van der Waals surface area contributed by atoms with Gasteiger partial charge in [-0.3, -0.25) is 9.59 Å². The van der Waals surface area contributed by atoms with Crippen molar-refractivity contribution in [2.75, 3.05) is 18.4 Å². The number of carbonyl (C=O) groups excluding carboxylic acids is 2. The Labute approximate surface area is 178 Å². The first-order chi connectivity index (χ1) is 14.2. The maximum atomic E-state index is 12.7. The Balaban J connectivity index is 0.00000218. The predicted octanol–water partition coefficient (Wildman–Crippen LogP) is 4.27. The van der Waals surface area contributed by atoms with Crippen LogP contribution in [0, 0.1) is 11.8 Å². The molecule has 1 aromatic heterocycles. The number of fused-ring (bicyclic) bond motifs is 2. The van der Waals surface area contributed by atoms with Gasteiger partial charge in [-0.2, -0.15) is 0 Å². The lowest BCUT2D eigenvalue weighted by atomic mass is 9.96. The third kappa shape index (κ3) is 4.02. The highest BCUT2D eigenvalue weighted by molar-refractivity contribution is 5.94. The summed E-state index contributed by atoms with van der Waals surface area (Å²) in [6.45, 7) is 1.73. The van der Waals surface area contributed by atoms with Crippen LogP contribution in [0.25, 0.3) is 6.08 Å². The standard InChI is InChI=1S/C24H25N3O2.CH4/c28-22-8-7-18-10-16(13-25-24(18)26-22)6-9-23(29)27-14-20-11-19(12-21(20)15-27)17-4-2-1-3-5-17;/h1-6,9-10,13,19-21H,7-8,11-12,14-15H2,(H,25,26,28);1H4/b9-6+;. The van der Waals surface area contributed by atoms with E-state index in [0.717, 1.165) is 24.2 Å². The second-order valence-electron chi connectivity index (χ2n) is 8.50. The van der Waals surface area contributed by atoms with Gasteiger partial charge in [-0.05, 0) is 65.8 Å². The Hall–Kier alpha value is -2.95. The highest BCUT2D eigenvalue weighted by Crippen LogP contribution is 2.46. The fraction of sp³-hybridized carbons (Fsp3) is 0.400. The Kier molecular flexibility index (Phi) is 5.71. The quantitative estimate of drug-likeness (QED) is 0.779. The van der Waals surface area contributed by atoms with Crippen LogP contribution in [0.1, 0.15) is 49.3 Å². The number of nitrogens with one attached hydrogen (secondary N) is 1. The third-order valence-corrected chi connectivity index (χ3v) is 6.62. The first kappa shape index (κ1) is 20.3. The number of aromatic nitrogens is 1. The van der Waals surface area contributed by atoms with Crippen LogP contribution in [0.2, 0.25) is 0 Å². The summed E-state index contributed by atoms with van der Waals surface area (Å²) < 4.78 is 0. The Morgan fingerprint density at radius 3 is 2.57 bits per heavy atom. The first-order valence-corrected chi connectivity index (χ1v) is 10.5. The molecule has 2 atom stereocenters. The number of hydrogen-bond acceptors (Lipinski definition) is 3. The van der Waals surface area contributed by atoms with E-state index < -0.39 is 0 Å². The molecule has 0 bridgehead atoms. The number of nitrogens with zero attached hydrogens (tertiary/aromatic N) is 2. The molecule has 2 aromatic rings. The van der Waals surface area contributed by atoms with Gasteiger partial charge < -0.3 is 10.2 Å². The van der Waals surface area contributed by atoms with Crippen molar-refractivity contribution in [2.45, 2.75) is 39.0 Å². The minimum absolute atomic E-state index is 0. The molecule has 3 heterocycles. The van der Waals surface area contributed by atoms with Crippen LogP contribution >= 0.6 is 0 Å². The second-order valence-corrected chi connectivity index (χ2v) is 8.50. The molecule has 5 nitrogen and oxygen atoms in total. The predicted molar refractivity (Wildman–Crippen MR) is 119 cm³/mol. The van der Waals surface area contributed by atoms with E-state index in [2.05, 4.69) is 40.6 Å². The van der Waals surface area contributed by atoms with Crippen LogP contribution in [0.4, 0.5) is 5.82 Å². The summed E-state index contributed by atoms with van der Waals surface area (Å²) in [7, 11) is 0. The fourth-order valence-corrected chi connectivity index (χ4v) is 5.12. The van der Waals surface area contributed by atoms with Crippen LogP contribution in [0.3, 0.4) is 0 Å². The van der Waals surface area contributed by atoms with E-state index in [9.17, 15) is 9.59 Å². The van der Waals surface area contributed by atoms with Crippen molar-refractivity contribution in [2.24, 2.45) is 11.8 Å². The monoisotopic (exact) mass is 403 g/mol. The Bertz CT molecular complexity index is 956. The lowest BCUT2D eigenvalue weighted by Gasteiger charge is -2.18. The molecule has 1 saturated heterocycles. The Morgan fingerprint density at radius 1 is 1.10 bits per heavy atom. The van der Waals surface area contributed by atoms with Crippen molar-refractivity contribution in [1.82, 2.24) is 9.88 Å². The SMILES string of the molecule is C.O=C1CCc2cc(/C=C/C(=O)N3CC4CC(c5ccccc5)CC4C3)cnc2N1. The van der Waals surface area contributed by atoms with Gasteiger partial charge in [-0.1, -0.05) is 37.8 Å². The van der Waals surface area contributed by atoms with E-state index in [1.54, 1.807) is 12.3 Å². The summed E-state index contributed by atoms with van der Waals surface area (Å²) in [5.41, 5.74) is 3.37. The molecule has 0 radical (unpaired) electrons. The number of carbonyl (C=O) groups is 2. The molecule has 1 aliphatic carbocycles. The van der Waals surface area contributed by atoms with E-state index in [1.165, 1.54) is 18.4 Å². The van der Waals surface area contributed by atoms with Gasteiger partial charge in [0.2, 0.25) is 11.8 Å². The molecule has 2 unspecified atom stereocenters. The number of rotatable bonds is 3. The summed E-state index contributed by atoms with van der Waals surface area (Å²) >= 11 is 0. The molecule has 1 saturated carbocycles. The van der Waals surface area contributed by atoms with Gasteiger partial charge in [0.1, 0.15) is 5.82 Å². The molecule has 2 aliphatic heterocycles. The highest BCUT2D eigenvalue weighted by Gasteiger charge is 2.42. The molecule has 2 amide bonds. The number of pyridine rings is 1. The number of aryl methyl sites for hydroxylation is 1. The number of benzene rings is 1. The van der Waals surface area contributed by atoms with E-state index in [1.807, 2.05) is 17.0 Å². The molecular formula is C25H29N3O2. The summed E-state index contributed by atoms with van der Waals surface area (Å²) in [5, 5.41) is 2.79. The lowest BCUT2D eigenvalue weighted by molar-refractivity contribution is -0.125. The van der Waals surface area contributed by atoms with Crippen LogP contribution in [-0.2, 0) is 16.0 Å². The van der Waals surface area contributed by atoms with Crippen LogP contribution in [0.5, 0.6) is 0 Å². The minimum atomic E-state index is 0. The molecule has 3 aliphatic rings.